The summed E-state index contributed by atoms with van der Waals surface area (Å²) < 4.78 is 34.1. The molecular weight excluding hydrogens is 266 g/mol. The second-order valence-electron chi connectivity index (χ2n) is 5.58. The molecule has 0 heterocycles. The highest BCUT2D eigenvalue weighted by atomic mass is 32.3. The van der Waals surface area contributed by atoms with Crippen molar-refractivity contribution < 1.29 is 22.0 Å². The van der Waals surface area contributed by atoms with Gasteiger partial charge in [0.1, 0.15) is 0 Å². The Labute approximate surface area is 119 Å². The molecule has 0 rings (SSSR count). The quantitative estimate of drug-likeness (QED) is 0.307. The molecule has 0 atom stereocenters. The van der Waals surface area contributed by atoms with Crippen LogP contribution in [0.15, 0.2) is 0 Å². The SMILES string of the molecule is CCCCCC[N+](C)(C)CCCCC.O=S(=O)([O-])O. The summed E-state index contributed by atoms with van der Waals surface area (Å²) in [4.78, 5) is 0. The molecule has 0 radical (unpaired) electrons. The third-order valence-corrected chi connectivity index (χ3v) is 2.98. The molecule has 0 aliphatic rings. The summed E-state index contributed by atoms with van der Waals surface area (Å²) in [6.07, 6.45) is 9.74. The molecule has 5 nitrogen and oxygen atoms in total. The second-order valence-corrected chi connectivity index (χ2v) is 6.43. The Bertz CT molecular complexity index is 281. The monoisotopic (exact) mass is 297 g/mol. The number of hydrogen-bond donors (Lipinski definition) is 1. The topological polar surface area (TPSA) is 77.4 Å². The van der Waals surface area contributed by atoms with E-state index in [-0.39, 0.29) is 0 Å². The normalized spacial score (nSPS) is 11.9. The Hall–Kier alpha value is -0.170. The minimum Gasteiger partial charge on any atom is -0.726 e. The van der Waals surface area contributed by atoms with E-state index in [2.05, 4.69) is 27.9 Å². The first kappa shape index (κ1) is 21.1. The first-order chi connectivity index (χ1) is 8.62. The fraction of sp³-hybridized carbons (Fsp3) is 1.00. The van der Waals surface area contributed by atoms with Crippen molar-refractivity contribution in [2.45, 2.75) is 58.8 Å². The van der Waals surface area contributed by atoms with Crippen LogP contribution in [0.4, 0.5) is 0 Å². The van der Waals surface area contributed by atoms with Gasteiger partial charge in [0.2, 0.25) is 10.4 Å². The molecule has 0 fully saturated rings. The maximum Gasteiger partial charge on any atom is 0.215 e. The van der Waals surface area contributed by atoms with Crippen molar-refractivity contribution in [1.29, 1.82) is 0 Å². The minimum absolute atomic E-state index is 1.23. The summed E-state index contributed by atoms with van der Waals surface area (Å²) >= 11 is 0. The molecule has 0 spiro atoms. The Morgan fingerprint density at radius 3 is 1.58 bits per heavy atom. The molecule has 0 aliphatic heterocycles. The van der Waals surface area contributed by atoms with Gasteiger partial charge in [-0.1, -0.05) is 33.1 Å². The highest BCUT2D eigenvalue weighted by Crippen LogP contribution is 2.07. The molecule has 19 heavy (non-hydrogen) atoms. The molecule has 0 amide bonds. The predicted octanol–water partition coefficient (Wildman–Crippen LogP) is 2.84. The van der Waals surface area contributed by atoms with Crippen LogP contribution in [0.2, 0.25) is 0 Å². The van der Waals surface area contributed by atoms with Crippen molar-refractivity contribution in [1.82, 2.24) is 0 Å². The first-order valence-electron chi connectivity index (χ1n) is 7.12. The van der Waals surface area contributed by atoms with E-state index in [0.29, 0.717) is 0 Å². The lowest BCUT2D eigenvalue weighted by molar-refractivity contribution is -0.890. The van der Waals surface area contributed by atoms with Gasteiger partial charge in [0.15, 0.2) is 0 Å². The van der Waals surface area contributed by atoms with Crippen LogP contribution in [0.25, 0.3) is 0 Å². The van der Waals surface area contributed by atoms with Crippen molar-refractivity contribution in [3.63, 3.8) is 0 Å². The zero-order valence-electron chi connectivity index (χ0n) is 12.9. The van der Waals surface area contributed by atoms with Crippen LogP contribution in [0.5, 0.6) is 0 Å². The fourth-order valence-electron chi connectivity index (χ4n) is 1.87. The summed E-state index contributed by atoms with van der Waals surface area (Å²) in [5.41, 5.74) is 0. The van der Waals surface area contributed by atoms with Crippen molar-refractivity contribution >= 4 is 10.4 Å². The molecule has 0 saturated heterocycles. The van der Waals surface area contributed by atoms with Gasteiger partial charge in [-0.15, -0.1) is 0 Å². The molecule has 1 N–H and O–H groups in total. The van der Waals surface area contributed by atoms with E-state index in [1.165, 1.54) is 62.5 Å². The van der Waals surface area contributed by atoms with Gasteiger partial charge in [0, 0.05) is 0 Å². The molecule has 0 bridgehead atoms. The molecule has 0 aromatic heterocycles. The van der Waals surface area contributed by atoms with E-state index in [1.807, 2.05) is 0 Å². The summed E-state index contributed by atoms with van der Waals surface area (Å²) in [6.45, 7) is 7.28. The Morgan fingerprint density at radius 1 is 0.895 bits per heavy atom. The van der Waals surface area contributed by atoms with Gasteiger partial charge in [-0.2, -0.15) is 0 Å². The third kappa shape index (κ3) is 27.1. The lowest BCUT2D eigenvalue weighted by Gasteiger charge is -2.29. The second kappa shape index (κ2) is 11.6. The van der Waals surface area contributed by atoms with Crippen molar-refractivity contribution in [2.75, 3.05) is 27.2 Å². The van der Waals surface area contributed by atoms with E-state index in [1.54, 1.807) is 0 Å². The van der Waals surface area contributed by atoms with E-state index < -0.39 is 10.4 Å². The maximum absolute atomic E-state index is 8.63. The average molecular weight is 297 g/mol. The highest BCUT2D eigenvalue weighted by molar-refractivity contribution is 7.79. The predicted molar refractivity (Wildman–Crippen MR) is 77.8 cm³/mol. The van der Waals surface area contributed by atoms with Crippen LogP contribution < -0.4 is 0 Å². The molecule has 118 valence electrons. The molecule has 6 heteroatoms. The van der Waals surface area contributed by atoms with Crippen molar-refractivity contribution in [3.8, 4) is 0 Å². The molecule has 0 aromatic rings. The largest absolute Gasteiger partial charge is 0.726 e. The van der Waals surface area contributed by atoms with Crippen LogP contribution >= 0.6 is 0 Å². The molecule has 0 aromatic carbocycles. The molecule has 0 saturated carbocycles. The van der Waals surface area contributed by atoms with Crippen LogP contribution in [-0.4, -0.2) is 49.2 Å². The van der Waals surface area contributed by atoms with E-state index in [4.69, 9.17) is 17.5 Å². The number of nitrogens with zero attached hydrogens (tertiary/aromatic N) is 1. The molecule has 0 aliphatic carbocycles. The van der Waals surface area contributed by atoms with E-state index >= 15 is 0 Å². The van der Waals surface area contributed by atoms with Crippen LogP contribution in [0.1, 0.15) is 58.8 Å². The van der Waals surface area contributed by atoms with E-state index in [9.17, 15) is 0 Å². The minimum atomic E-state index is -4.92. The summed E-state index contributed by atoms with van der Waals surface area (Å²) in [5.74, 6) is 0. The van der Waals surface area contributed by atoms with Crippen molar-refractivity contribution in [3.05, 3.63) is 0 Å². The molecular formula is C13H31NO4S. The van der Waals surface area contributed by atoms with Crippen molar-refractivity contribution in [2.24, 2.45) is 0 Å². The number of rotatable bonds is 9. The highest BCUT2D eigenvalue weighted by Gasteiger charge is 2.12. The maximum atomic E-state index is 8.63. The summed E-state index contributed by atoms with van der Waals surface area (Å²) in [7, 11) is -0.163. The Kier molecular flexibility index (Phi) is 12.9. The van der Waals surface area contributed by atoms with Crippen LogP contribution in [0, 0.1) is 0 Å². The molecule has 0 unspecified atom stereocenters. The zero-order chi connectivity index (χ0) is 15.4. The van der Waals surface area contributed by atoms with Crippen LogP contribution in [-0.2, 0) is 10.4 Å². The first-order valence-corrected chi connectivity index (χ1v) is 8.49. The van der Waals surface area contributed by atoms with Gasteiger partial charge in [0.25, 0.3) is 0 Å². The number of unbranched alkanes of at least 4 members (excludes halogenated alkanes) is 5. The number of quaternary nitrogens is 1. The Morgan fingerprint density at radius 2 is 1.21 bits per heavy atom. The van der Waals surface area contributed by atoms with Crippen LogP contribution in [0.3, 0.4) is 0 Å². The van der Waals surface area contributed by atoms with Gasteiger partial charge in [-0.25, -0.2) is 8.42 Å². The standard InChI is InChI=1S/C13H30N.H2O4S/c1-5-7-9-11-13-14(3,4)12-10-8-6-2;1-5(2,3)4/h5-13H2,1-4H3;(H2,1,2,3,4)/q+1;/p-1. The lowest BCUT2D eigenvalue weighted by atomic mass is 10.2. The Balaban J connectivity index is 0. The van der Waals surface area contributed by atoms with Gasteiger partial charge >= 0.3 is 0 Å². The fourth-order valence-corrected chi connectivity index (χ4v) is 1.87. The third-order valence-electron chi connectivity index (χ3n) is 2.98. The zero-order valence-corrected chi connectivity index (χ0v) is 13.7. The van der Waals surface area contributed by atoms with E-state index in [0.717, 1.165) is 0 Å². The smallest absolute Gasteiger partial charge is 0.215 e. The summed E-state index contributed by atoms with van der Waals surface area (Å²) in [6, 6.07) is 0. The lowest BCUT2D eigenvalue weighted by Crippen LogP contribution is -2.41. The van der Waals surface area contributed by atoms with Gasteiger partial charge < -0.3 is 9.04 Å². The van der Waals surface area contributed by atoms with Gasteiger partial charge in [-0.05, 0) is 25.7 Å². The van der Waals surface area contributed by atoms with Gasteiger partial charge in [0.05, 0.1) is 27.2 Å². The summed E-state index contributed by atoms with van der Waals surface area (Å²) in [5, 5.41) is 0. The van der Waals surface area contributed by atoms with Gasteiger partial charge in [-0.3, -0.25) is 4.55 Å². The average Bonchev–Trinajstić information content (AvgIpc) is 2.22. The number of hydrogen-bond acceptors (Lipinski definition) is 3.